The summed E-state index contributed by atoms with van der Waals surface area (Å²) in [5.74, 6) is 0.833. The smallest absolute Gasteiger partial charge is 0.122 e. The molecule has 0 amide bonds. The molecule has 0 saturated heterocycles. The molecule has 0 aliphatic rings. The van der Waals surface area contributed by atoms with Crippen LogP contribution >= 0.6 is 23.2 Å². The SMILES string of the molecule is COc1cc(C)nc(CNCCc2ccc(Cl)cc2Cl)c1. The van der Waals surface area contributed by atoms with E-state index < -0.39 is 0 Å². The van der Waals surface area contributed by atoms with Gasteiger partial charge in [0.1, 0.15) is 5.75 Å². The van der Waals surface area contributed by atoms with Gasteiger partial charge in [-0.15, -0.1) is 0 Å². The summed E-state index contributed by atoms with van der Waals surface area (Å²) in [5.41, 5.74) is 3.00. The lowest BCUT2D eigenvalue weighted by atomic mass is 10.1. The Labute approximate surface area is 135 Å². The number of methoxy groups -OCH3 is 1. The maximum atomic E-state index is 6.14. The van der Waals surface area contributed by atoms with Crippen LogP contribution in [0.25, 0.3) is 0 Å². The second-order valence-corrected chi connectivity index (χ2v) is 5.65. The Morgan fingerprint density at radius 2 is 2.00 bits per heavy atom. The van der Waals surface area contributed by atoms with Crippen molar-refractivity contribution in [3.05, 3.63) is 57.3 Å². The minimum absolute atomic E-state index is 0.660. The van der Waals surface area contributed by atoms with Crippen molar-refractivity contribution in [1.29, 1.82) is 0 Å². The molecule has 0 aliphatic carbocycles. The first-order chi connectivity index (χ1) is 10.1. The normalized spacial score (nSPS) is 10.7. The second-order valence-electron chi connectivity index (χ2n) is 4.80. The summed E-state index contributed by atoms with van der Waals surface area (Å²) in [4.78, 5) is 4.47. The van der Waals surface area contributed by atoms with E-state index in [1.54, 1.807) is 13.2 Å². The molecule has 1 N–H and O–H groups in total. The quantitative estimate of drug-likeness (QED) is 0.814. The molecule has 0 aliphatic heterocycles. The van der Waals surface area contributed by atoms with E-state index in [-0.39, 0.29) is 0 Å². The van der Waals surface area contributed by atoms with Crippen molar-refractivity contribution in [2.75, 3.05) is 13.7 Å². The first-order valence-electron chi connectivity index (χ1n) is 6.74. The van der Waals surface area contributed by atoms with Gasteiger partial charge < -0.3 is 10.1 Å². The zero-order valence-electron chi connectivity index (χ0n) is 12.1. The first kappa shape index (κ1) is 16.1. The van der Waals surface area contributed by atoms with Gasteiger partial charge in [0.15, 0.2) is 0 Å². The number of ether oxygens (including phenoxy) is 1. The molecule has 112 valence electrons. The molecule has 21 heavy (non-hydrogen) atoms. The lowest BCUT2D eigenvalue weighted by Gasteiger charge is -2.08. The van der Waals surface area contributed by atoms with Crippen LogP contribution in [-0.2, 0) is 13.0 Å². The van der Waals surface area contributed by atoms with E-state index in [9.17, 15) is 0 Å². The zero-order chi connectivity index (χ0) is 15.2. The number of benzene rings is 1. The van der Waals surface area contributed by atoms with Crippen LogP contribution in [0.3, 0.4) is 0 Å². The van der Waals surface area contributed by atoms with Gasteiger partial charge in [0, 0.05) is 34.4 Å². The fourth-order valence-corrected chi connectivity index (χ4v) is 2.58. The van der Waals surface area contributed by atoms with Crippen molar-refractivity contribution in [2.24, 2.45) is 0 Å². The third-order valence-corrected chi connectivity index (χ3v) is 3.69. The van der Waals surface area contributed by atoms with Crippen molar-refractivity contribution in [3.63, 3.8) is 0 Å². The molecule has 0 atom stereocenters. The van der Waals surface area contributed by atoms with Crippen molar-refractivity contribution >= 4 is 23.2 Å². The fraction of sp³-hybridized carbons (Fsp3) is 0.312. The van der Waals surface area contributed by atoms with Crippen LogP contribution in [0.4, 0.5) is 0 Å². The summed E-state index contributed by atoms with van der Waals surface area (Å²) in [6.45, 7) is 3.47. The molecule has 3 nitrogen and oxygen atoms in total. The predicted octanol–water partition coefficient (Wildman–Crippen LogP) is 4.04. The van der Waals surface area contributed by atoms with E-state index in [1.807, 2.05) is 31.2 Å². The van der Waals surface area contributed by atoms with Gasteiger partial charge in [-0.05, 0) is 37.6 Å². The van der Waals surface area contributed by atoms with Crippen molar-refractivity contribution in [1.82, 2.24) is 10.3 Å². The Kier molecular flexibility index (Phi) is 5.85. The van der Waals surface area contributed by atoms with Crippen molar-refractivity contribution < 1.29 is 4.74 Å². The average Bonchev–Trinajstić information content (AvgIpc) is 2.44. The molecule has 5 heteroatoms. The lowest BCUT2D eigenvalue weighted by molar-refractivity contribution is 0.412. The lowest BCUT2D eigenvalue weighted by Crippen LogP contribution is -2.17. The van der Waals surface area contributed by atoms with Crippen molar-refractivity contribution in [2.45, 2.75) is 19.9 Å². The highest BCUT2D eigenvalue weighted by atomic mass is 35.5. The minimum Gasteiger partial charge on any atom is -0.497 e. The highest BCUT2D eigenvalue weighted by molar-refractivity contribution is 6.35. The monoisotopic (exact) mass is 324 g/mol. The second kappa shape index (κ2) is 7.64. The average molecular weight is 325 g/mol. The third kappa shape index (κ3) is 4.88. The van der Waals surface area contributed by atoms with Crippen molar-refractivity contribution in [3.8, 4) is 5.75 Å². The summed E-state index contributed by atoms with van der Waals surface area (Å²) >= 11 is 12.0. The Morgan fingerprint density at radius 3 is 2.71 bits per heavy atom. The molecule has 0 fully saturated rings. The molecule has 2 aromatic rings. The Bertz CT molecular complexity index is 617. The number of aryl methyl sites for hydroxylation is 1. The third-order valence-electron chi connectivity index (χ3n) is 3.11. The van der Waals surface area contributed by atoms with E-state index in [4.69, 9.17) is 27.9 Å². The van der Waals surface area contributed by atoms with Gasteiger partial charge in [0.2, 0.25) is 0 Å². The van der Waals surface area contributed by atoms with Gasteiger partial charge in [-0.25, -0.2) is 0 Å². The van der Waals surface area contributed by atoms with Crippen LogP contribution in [0.2, 0.25) is 10.0 Å². The van der Waals surface area contributed by atoms with Gasteiger partial charge in [-0.3, -0.25) is 4.98 Å². The van der Waals surface area contributed by atoms with Crippen LogP contribution in [0.5, 0.6) is 5.75 Å². The summed E-state index contributed by atoms with van der Waals surface area (Å²) in [6.07, 6.45) is 0.846. The minimum atomic E-state index is 0.660. The largest absolute Gasteiger partial charge is 0.497 e. The van der Waals surface area contributed by atoms with Crippen LogP contribution in [-0.4, -0.2) is 18.6 Å². The van der Waals surface area contributed by atoms with Gasteiger partial charge in [0.05, 0.1) is 12.8 Å². The number of nitrogens with zero attached hydrogens (tertiary/aromatic N) is 1. The summed E-state index contributed by atoms with van der Waals surface area (Å²) in [6, 6.07) is 9.44. The fourth-order valence-electron chi connectivity index (χ4n) is 2.08. The number of rotatable bonds is 6. The van der Waals surface area contributed by atoms with Gasteiger partial charge in [0.25, 0.3) is 0 Å². The number of nitrogens with one attached hydrogen (secondary N) is 1. The Balaban J connectivity index is 1.86. The van der Waals surface area contributed by atoms with E-state index in [0.29, 0.717) is 16.6 Å². The standard InChI is InChI=1S/C16H18Cl2N2O/c1-11-7-15(21-2)9-14(20-11)10-19-6-5-12-3-4-13(17)8-16(12)18/h3-4,7-9,19H,5-6,10H2,1-2H3. The van der Waals surface area contributed by atoms with E-state index in [0.717, 1.165) is 35.7 Å². The highest BCUT2D eigenvalue weighted by Gasteiger charge is 2.03. The van der Waals surface area contributed by atoms with Crippen LogP contribution < -0.4 is 10.1 Å². The van der Waals surface area contributed by atoms with Crippen LogP contribution in [0.15, 0.2) is 30.3 Å². The maximum Gasteiger partial charge on any atom is 0.122 e. The molecular weight excluding hydrogens is 307 g/mol. The summed E-state index contributed by atoms with van der Waals surface area (Å²) < 4.78 is 5.24. The number of aromatic nitrogens is 1. The summed E-state index contributed by atoms with van der Waals surface area (Å²) in [7, 11) is 1.66. The number of hydrogen-bond acceptors (Lipinski definition) is 3. The Hall–Kier alpha value is -1.29. The molecule has 1 heterocycles. The first-order valence-corrected chi connectivity index (χ1v) is 7.50. The maximum absolute atomic E-state index is 6.14. The van der Waals surface area contributed by atoms with E-state index in [2.05, 4.69) is 10.3 Å². The number of pyridine rings is 1. The van der Waals surface area contributed by atoms with Gasteiger partial charge in [-0.1, -0.05) is 29.3 Å². The molecule has 2 rings (SSSR count). The molecule has 0 spiro atoms. The topological polar surface area (TPSA) is 34.1 Å². The predicted molar refractivity (Wildman–Crippen MR) is 87.4 cm³/mol. The number of halogens is 2. The zero-order valence-corrected chi connectivity index (χ0v) is 13.6. The van der Waals surface area contributed by atoms with Crippen LogP contribution in [0.1, 0.15) is 17.0 Å². The molecule has 0 bridgehead atoms. The van der Waals surface area contributed by atoms with Gasteiger partial charge in [-0.2, -0.15) is 0 Å². The van der Waals surface area contributed by atoms with Gasteiger partial charge >= 0.3 is 0 Å². The molecular formula is C16H18Cl2N2O. The highest BCUT2D eigenvalue weighted by Crippen LogP contribution is 2.21. The Morgan fingerprint density at radius 1 is 1.19 bits per heavy atom. The van der Waals surface area contributed by atoms with Crippen LogP contribution in [0, 0.1) is 6.92 Å². The molecule has 1 aromatic carbocycles. The number of hydrogen-bond donors (Lipinski definition) is 1. The van der Waals surface area contributed by atoms with E-state index >= 15 is 0 Å². The molecule has 0 unspecified atom stereocenters. The molecule has 0 radical (unpaired) electrons. The summed E-state index contributed by atoms with van der Waals surface area (Å²) in [5, 5.41) is 4.73. The molecule has 1 aromatic heterocycles. The molecule has 0 saturated carbocycles. The van der Waals surface area contributed by atoms with E-state index in [1.165, 1.54) is 0 Å².